The SMILES string of the molecule is O=C(Cn1nc(-c2ccc(F)cc2)oc1=O)Nc1ccc(Oc2ccccc2)cc1. The zero-order valence-electron chi connectivity index (χ0n) is 15.6. The summed E-state index contributed by atoms with van der Waals surface area (Å²) in [5, 5.41) is 6.67. The lowest BCUT2D eigenvalue weighted by Gasteiger charge is -2.08. The number of nitrogens with one attached hydrogen (secondary N) is 1. The third-order valence-corrected chi connectivity index (χ3v) is 4.11. The number of carbonyl (C=O) groups is 1. The zero-order valence-corrected chi connectivity index (χ0v) is 15.6. The van der Waals surface area contributed by atoms with Gasteiger partial charge in [0.25, 0.3) is 0 Å². The van der Waals surface area contributed by atoms with E-state index in [1.807, 2.05) is 30.3 Å². The molecule has 0 unspecified atom stereocenters. The van der Waals surface area contributed by atoms with E-state index < -0.39 is 17.5 Å². The van der Waals surface area contributed by atoms with Crippen LogP contribution in [-0.4, -0.2) is 15.7 Å². The molecule has 0 aliphatic carbocycles. The van der Waals surface area contributed by atoms with Crippen molar-refractivity contribution in [1.82, 2.24) is 9.78 Å². The molecule has 30 heavy (non-hydrogen) atoms. The highest BCUT2D eigenvalue weighted by Crippen LogP contribution is 2.22. The number of para-hydroxylation sites is 1. The smallest absolute Gasteiger partial charge is 0.437 e. The first-order valence-electron chi connectivity index (χ1n) is 9.03. The summed E-state index contributed by atoms with van der Waals surface area (Å²) in [6.45, 7) is -0.328. The Bertz CT molecular complexity index is 1200. The maximum Gasteiger partial charge on any atom is 0.437 e. The molecule has 7 nitrogen and oxygen atoms in total. The maximum absolute atomic E-state index is 13.0. The lowest BCUT2D eigenvalue weighted by molar-refractivity contribution is -0.117. The van der Waals surface area contributed by atoms with Crippen molar-refractivity contribution in [2.24, 2.45) is 0 Å². The second kappa shape index (κ2) is 8.44. The van der Waals surface area contributed by atoms with E-state index >= 15 is 0 Å². The predicted octanol–water partition coefficient (Wildman–Crippen LogP) is 4.07. The Morgan fingerprint density at radius 1 is 0.967 bits per heavy atom. The molecule has 4 rings (SSSR count). The van der Waals surface area contributed by atoms with Gasteiger partial charge in [-0.15, -0.1) is 5.10 Å². The molecule has 150 valence electrons. The van der Waals surface area contributed by atoms with Crippen molar-refractivity contribution in [3.05, 3.63) is 95.2 Å². The molecule has 4 aromatic rings. The van der Waals surface area contributed by atoms with E-state index in [1.165, 1.54) is 24.3 Å². The van der Waals surface area contributed by atoms with Crippen molar-refractivity contribution in [3.63, 3.8) is 0 Å². The van der Waals surface area contributed by atoms with E-state index in [-0.39, 0.29) is 12.4 Å². The molecule has 1 aromatic heterocycles. The fourth-order valence-corrected chi connectivity index (χ4v) is 2.68. The number of aromatic nitrogens is 2. The van der Waals surface area contributed by atoms with Crippen LogP contribution in [0.1, 0.15) is 0 Å². The third-order valence-electron chi connectivity index (χ3n) is 4.11. The fraction of sp³-hybridized carbons (Fsp3) is 0.0455. The molecule has 0 saturated heterocycles. The van der Waals surface area contributed by atoms with Crippen molar-refractivity contribution in [2.45, 2.75) is 6.54 Å². The summed E-state index contributed by atoms with van der Waals surface area (Å²) in [6, 6.07) is 21.5. The first kappa shape index (κ1) is 19.1. The Hall–Kier alpha value is -4.20. The number of anilines is 1. The normalized spacial score (nSPS) is 10.6. The van der Waals surface area contributed by atoms with Crippen molar-refractivity contribution in [3.8, 4) is 23.0 Å². The number of amides is 1. The maximum atomic E-state index is 13.0. The van der Waals surface area contributed by atoms with Crippen LogP contribution in [-0.2, 0) is 11.3 Å². The topological polar surface area (TPSA) is 86.4 Å². The highest BCUT2D eigenvalue weighted by molar-refractivity contribution is 5.90. The summed E-state index contributed by atoms with van der Waals surface area (Å²) in [4.78, 5) is 24.2. The Labute approximate surface area is 170 Å². The highest BCUT2D eigenvalue weighted by atomic mass is 19.1. The minimum Gasteiger partial charge on any atom is -0.457 e. The molecular formula is C22H16FN3O4. The summed E-state index contributed by atoms with van der Waals surface area (Å²) in [5.74, 6) is -0.313. The van der Waals surface area contributed by atoms with Gasteiger partial charge in [-0.25, -0.2) is 9.18 Å². The van der Waals surface area contributed by atoms with Crippen LogP contribution in [0.5, 0.6) is 11.5 Å². The Morgan fingerprint density at radius 2 is 1.63 bits per heavy atom. The van der Waals surface area contributed by atoms with E-state index in [0.717, 1.165) is 4.68 Å². The van der Waals surface area contributed by atoms with Gasteiger partial charge in [-0.1, -0.05) is 18.2 Å². The summed E-state index contributed by atoms with van der Waals surface area (Å²) in [7, 11) is 0. The number of carbonyl (C=O) groups excluding carboxylic acids is 1. The molecule has 8 heteroatoms. The number of ether oxygens (including phenoxy) is 1. The van der Waals surface area contributed by atoms with Crippen LogP contribution in [0.4, 0.5) is 10.1 Å². The number of rotatable bonds is 6. The molecule has 0 aliphatic heterocycles. The second-order valence-corrected chi connectivity index (χ2v) is 6.33. The minimum atomic E-state index is -0.781. The number of hydrogen-bond acceptors (Lipinski definition) is 5. The molecule has 1 amide bonds. The van der Waals surface area contributed by atoms with E-state index in [1.54, 1.807) is 24.3 Å². The van der Waals surface area contributed by atoms with E-state index in [0.29, 0.717) is 22.7 Å². The van der Waals surface area contributed by atoms with Crippen molar-refractivity contribution >= 4 is 11.6 Å². The number of nitrogens with zero attached hydrogens (tertiary/aromatic N) is 2. The van der Waals surface area contributed by atoms with Crippen LogP contribution in [0.15, 0.2) is 88.1 Å². The van der Waals surface area contributed by atoms with Gasteiger partial charge in [-0.2, -0.15) is 4.68 Å². The van der Waals surface area contributed by atoms with Gasteiger partial charge < -0.3 is 14.5 Å². The number of hydrogen-bond donors (Lipinski definition) is 1. The standard InChI is InChI=1S/C22H16FN3O4/c23-16-8-6-15(7-9-16)21-25-26(22(28)30-21)14-20(27)24-17-10-12-19(13-11-17)29-18-4-2-1-3-5-18/h1-13H,14H2,(H,24,27). The quantitative estimate of drug-likeness (QED) is 0.523. The Balaban J connectivity index is 1.39. The van der Waals surface area contributed by atoms with Crippen LogP contribution < -0.4 is 15.8 Å². The molecule has 0 bridgehead atoms. The summed E-state index contributed by atoms with van der Waals surface area (Å²) in [6.07, 6.45) is 0. The molecule has 1 heterocycles. The average molecular weight is 405 g/mol. The number of benzene rings is 3. The molecule has 0 radical (unpaired) electrons. The monoisotopic (exact) mass is 405 g/mol. The van der Waals surface area contributed by atoms with Gasteiger partial charge in [0.2, 0.25) is 11.8 Å². The minimum absolute atomic E-state index is 0.00946. The van der Waals surface area contributed by atoms with Crippen LogP contribution >= 0.6 is 0 Å². The number of halogens is 1. The zero-order chi connectivity index (χ0) is 20.9. The molecule has 1 N–H and O–H groups in total. The van der Waals surface area contributed by atoms with Crippen LogP contribution in [0.3, 0.4) is 0 Å². The second-order valence-electron chi connectivity index (χ2n) is 6.33. The van der Waals surface area contributed by atoms with Gasteiger partial charge in [0.05, 0.1) is 0 Å². The molecule has 0 aliphatic rings. The average Bonchev–Trinajstić information content (AvgIpc) is 3.11. The molecule has 0 fully saturated rings. The first-order valence-corrected chi connectivity index (χ1v) is 9.03. The lowest BCUT2D eigenvalue weighted by Crippen LogP contribution is -2.25. The largest absolute Gasteiger partial charge is 0.457 e. The highest BCUT2D eigenvalue weighted by Gasteiger charge is 2.13. The molecule has 0 atom stereocenters. The van der Waals surface area contributed by atoms with Gasteiger partial charge >= 0.3 is 5.76 Å². The van der Waals surface area contributed by atoms with Crippen molar-refractivity contribution in [1.29, 1.82) is 0 Å². The summed E-state index contributed by atoms with van der Waals surface area (Å²) >= 11 is 0. The van der Waals surface area contributed by atoms with Crippen LogP contribution in [0, 0.1) is 5.82 Å². The fourth-order valence-electron chi connectivity index (χ4n) is 2.68. The van der Waals surface area contributed by atoms with Crippen molar-refractivity contribution in [2.75, 3.05) is 5.32 Å². The first-order chi connectivity index (χ1) is 14.6. The van der Waals surface area contributed by atoms with E-state index in [9.17, 15) is 14.0 Å². The van der Waals surface area contributed by atoms with Gasteiger partial charge in [-0.3, -0.25) is 4.79 Å². The van der Waals surface area contributed by atoms with Gasteiger partial charge in [0, 0.05) is 11.3 Å². The Kier molecular flexibility index (Phi) is 5.38. The molecular weight excluding hydrogens is 389 g/mol. The predicted molar refractivity (Wildman–Crippen MR) is 108 cm³/mol. The van der Waals surface area contributed by atoms with E-state index in [4.69, 9.17) is 9.15 Å². The summed E-state index contributed by atoms with van der Waals surface area (Å²) < 4.78 is 24.7. The molecule has 3 aromatic carbocycles. The summed E-state index contributed by atoms with van der Waals surface area (Å²) in [5.41, 5.74) is 0.970. The van der Waals surface area contributed by atoms with Gasteiger partial charge in [-0.05, 0) is 60.7 Å². The van der Waals surface area contributed by atoms with Gasteiger partial charge in [0.15, 0.2) is 0 Å². The van der Waals surface area contributed by atoms with Crippen molar-refractivity contribution < 1.29 is 18.3 Å². The van der Waals surface area contributed by atoms with Crippen LogP contribution in [0.2, 0.25) is 0 Å². The third kappa shape index (κ3) is 4.61. The van der Waals surface area contributed by atoms with Crippen LogP contribution in [0.25, 0.3) is 11.5 Å². The Morgan fingerprint density at radius 3 is 2.33 bits per heavy atom. The van der Waals surface area contributed by atoms with Gasteiger partial charge in [0.1, 0.15) is 23.9 Å². The lowest BCUT2D eigenvalue weighted by atomic mass is 10.2. The molecule has 0 saturated carbocycles. The van der Waals surface area contributed by atoms with E-state index in [2.05, 4.69) is 10.4 Å². The molecule has 0 spiro atoms.